The third kappa shape index (κ3) is 7.39. The fourth-order valence-corrected chi connectivity index (χ4v) is 3.55. The molecule has 2 saturated heterocycles. The number of rotatable bonds is 4. The molecule has 8 heteroatoms. The lowest BCUT2D eigenvalue weighted by Gasteiger charge is -2.34. The van der Waals surface area contributed by atoms with Gasteiger partial charge in [0.05, 0.1) is 5.57 Å². The molecule has 0 bridgehead atoms. The molecule has 0 aromatic rings. The van der Waals surface area contributed by atoms with E-state index in [1.54, 1.807) is 19.1 Å². The number of allylic oxidation sites excluding steroid dienone is 1. The Bertz CT molecular complexity index is 777. The van der Waals surface area contributed by atoms with Crippen molar-refractivity contribution in [3.63, 3.8) is 0 Å². The number of likely N-dealkylation sites (N-methyl/N-ethyl adjacent to an activating group) is 1. The maximum atomic E-state index is 12.9. The lowest BCUT2D eigenvalue weighted by atomic mass is 10.0. The fourth-order valence-electron chi connectivity index (χ4n) is 3.55. The maximum absolute atomic E-state index is 12.9. The van der Waals surface area contributed by atoms with E-state index in [0.717, 1.165) is 36.8 Å². The van der Waals surface area contributed by atoms with Gasteiger partial charge in [0.15, 0.2) is 0 Å². The third-order valence-electron chi connectivity index (χ3n) is 5.28. The Kier molecular flexibility index (Phi) is 13.9. The zero-order valence-electron chi connectivity index (χ0n) is 21.7. The van der Waals surface area contributed by atoms with Crippen LogP contribution in [-0.4, -0.2) is 77.6 Å². The monoisotopic (exact) mass is 462 g/mol. The first-order valence-corrected chi connectivity index (χ1v) is 12.0. The fraction of sp³-hybridized carbons (Fsp3) is 0.600. The number of hydrogen-bond acceptors (Lipinski definition) is 6. The second kappa shape index (κ2) is 15.2. The van der Waals surface area contributed by atoms with Gasteiger partial charge >= 0.3 is 0 Å². The van der Waals surface area contributed by atoms with Crippen LogP contribution in [0, 0.1) is 0 Å². The van der Waals surface area contributed by atoms with E-state index in [1.165, 1.54) is 0 Å². The van der Waals surface area contributed by atoms with Crippen LogP contribution in [0.4, 0.5) is 0 Å². The van der Waals surface area contributed by atoms with E-state index < -0.39 is 23.8 Å². The average Bonchev–Trinajstić information content (AvgIpc) is 3.05. The second-order valence-corrected chi connectivity index (χ2v) is 7.05. The van der Waals surface area contributed by atoms with E-state index in [9.17, 15) is 19.2 Å². The Morgan fingerprint density at radius 1 is 0.939 bits per heavy atom. The summed E-state index contributed by atoms with van der Waals surface area (Å²) >= 11 is 0. The van der Waals surface area contributed by atoms with E-state index in [0.29, 0.717) is 5.57 Å². The van der Waals surface area contributed by atoms with E-state index in [4.69, 9.17) is 0 Å². The summed E-state index contributed by atoms with van der Waals surface area (Å²) in [5, 5.41) is 2.20. The zero-order valence-corrected chi connectivity index (χ0v) is 21.7. The molecule has 0 spiro atoms. The van der Waals surface area contributed by atoms with Crippen LogP contribution in [0.1, 0.15) is 61.3 Å². The van der Waals surface area contributed by atoms with Gasteiger partial charge in [0, 0.05) is 43.9 Å². The quantitative estimate of drug-likeness (QED) is 0.510. The molecule has 0 radical (unpaired) electrons. The molecular formula is C25H42N4O4. The highest BCUT2D eigenvalue weighted by Crippen LogP contribution is 2.28. The highest BCUT2D eigenvalue weighted by molar-refractivity contribution is 6.22. The van der Waals surface area contributed by atoms with Crippen LogP contribution in [0.15, 0.2) is 35.6 Å². The van der Waals surface area contributed by atoms with Gasteiger partial charge in [-0.05, 0) is 32.5 Å². The summed E-state index contributed by atoms with van der Waals surface area (Å²) in [5.41, 5.74) is 1.36. The van der Waals surface area contributed by atoms with Crippen molar-refractivity contribution in [1.29, 1.82) is 0 Å². The molecule has 3 aliphatic rings. The number of carbonyl (C=O) groups is 4. The summed E-state index contributed by atoms with van der Waals surface area (Å²) in [4.78, 5) is 54.3. The van der Waals surface area contributed by atoms with Crippen LogP contribution in [0.5, 0.6) is 0 Å². The Morgan fingerprint density at radius 3 is 1.97 bits per heavy atom. The van der Waals surface area contributed by atoms with Crippen LogP contribution in [0.3, 0.4) is 0 Å². The van der Waals surface area contributed by atoms with Gasteiger partial charge in [-0.25, -0.2) is 0 Å². The van der Waals surface area contributed by atoms with Crippen LogP contribution in [-0.2, 0) is 19.2 Å². The molecule has 1 unspecified atom stereocenters. The van der Waals surface area contributed by atoms with Gasteiger partial charge in [0.25, 0.3) is 11.8 Å². The topological polar surface area (TPSA) is 90.0 Å². The van der Waals surface area contributed by atoms with Gasteiger partial charge < -0.3 is 9.80 Å². The van der Waals surface area contributed by atoms with Crippen molar-refractivity contribution in [1.82, 2.24) is 20.0 Å². The molecule has 1 atom stereocenters. The largest absolute Gasteiger partial charge is 0.369 e. The molecule has 0 aromatic carbocycles. The number of carbonyl (C=O) groups excluding carboxylic acids is 4. The molecule has 0 saturated carbocycles. The molecule has 33 heavy (non-hydrogen) atoms. The lowest BCUT2D eigenvalue weighted by Crippen LogP contribution is -2.54. The normalized spacial score (nSPS) is 21.3. The highest BCUT2D eigenvalue weighted by atomic mass is 16.2. The van der Waals surface area contributed by atoms with E-state index in [1.807, 2.05) is 41.5 Å². The number of piperidine rings is 1. The molecule has 3 heterocycles. The summed E-state index contributed by atoms with van der Waals surface area (Å²) in [6.07, 6.45) is 3.62. The van der Waals surface area contributed by atoms with Crippen LogP contribution >= 0.6 is 0 Å². The zero-order chi connectivity index (χ0) is 25.7. The third-order valence-corrected chi connectivity index (χ3v) is 5.28. The molecule has 0 aromatic heterocycles. The average molecular weight is 463 g/mol. The molecule has 0 aliphatic carbocycles. The number of nitrogens with zero attached hydrogens (tertiary/aromatic N) is 3. The van der Waals surface area contributed by atoms with Crippen LogP contribution in [0.2, 0.25) is 0 Å². The first kappa shape index (κ1) is 30.3. The summed E-state index contributed by atoms with van der Waals surface area (Å²) in [6.45, 7) is 20.8. The van der Waals surface area contributed by atoms with Gasteiger partial charge in [-0.2, -0.15) is 0 Å². The predicted molar refractivity (Wildman–Crippen MR) is 132 cm³/mol. The SMILES string of the molecule is C=C/C(=C\C1=C(C)C(=O)N(C2CCC(=O)NC2=O)C1=O)N1CCN(C)CC1.CC.CC.CC. The van der Waals surface area contributed by atoms with Gasteiger partial charge in [0.1, 0.15) is 6.04 Å². The van der Waals surface area contributed by atoms with Crippen LogP contribution < -0.4 is 5.32 Å². The summed E-state index contributed by atoms with van der Waals surface area (Å²) in [7, 11) is 2.05. The Balaban J connectivity index is 0.00000158. The minimum Gasteiger partial charge on any atom is -0.369 e. The number of hydrogen-bond donors (Lipinski definition) is 1. The van der Waals surface area contributed by atoms with E-state index in [-0.39, 0.29) is 24.3 Å². The van der Waals surface area contributed by atoms with Gasteiger partial charge in [0.2, 0.25) is 11.8 Å². The van der Waals surface area contributed by atoms with Gasteiger partial charge in [-0.1, -0.05) is 48.1 Å². The minimum absolute atomic E-state index is 0.108. The van der Waals surface area contributed by atoms with Crippen molar-refractivity contribution in [2.75, 3.05) is 33.2 Å². The Hall–Kier alpha value is -2.74. The summed E-state index contributed by atoms with van der Waals surface area (Å²) < 4.78 is 0. The highest BCUT2D eigenvalue weighted by Gasteiger charge is 2.44. The molecular weight excluding hydrogens is 420 g/mol. The Morgan fingerprint density at radius 2 is 1.48 bits per heavy atom. The van der Waals surface area contributed by atoms with E-state index in [2.05, 4.69) is 28.7 Å². The number of nitrogens with one attached hydrogen (secondary N) is 1. The van der Waals surface area contributed by atoms with Crippen molar-refractivity contribution >= 4 is 23.6 Å². The molecule has 1 N–H and O–H groups in total. The van der Waals surface area contributed by atoms with E-state index >= 15 is 0 Å². The van der Waals surface area contributed by atoms with Gasteiger partial charge in [-0.3, -0.25) is 29.4 Å². The van der Waals surface area contributed by atoms with Crippen LogP contribution in [0.25, 0.3) is 0 Å². The summed E-state index contributed by atoms with van der Waals surface area (Å²) in [5.74, 6) is -1.97. The molecule has 8 nitrogen and oxygen atoms in total. The van der Waals surface area contributed by atoms with Crippen molar-refractivity contribution in [2.45, 2.75) is 67.3 Å². The molecule has 4 amide bonds. The number of imide groups is 2. The van der Waals surface area contributed by atoms with Crippen molar-refractivity contribution < 1.29 is 19.2 Å². The predicted octanol–water partition coefficient (Wildman–Crippen LogP) is 2.87. The molecule has 3 rings (SSSR count). The number of amides is 4. The summed E-state index contributed by atoms with van der Waals surface area (Å²) in [6, 6.07) is -0.945. The number of piperazine rings is 1. The Labute approximate surface area is 199 Å². The van der Waals surface area contributed by atoms with Crippen molar-refractivity contribution in [3.05, 3.63) is 35.6 Å². The standard InChI is InChI=1S/C19H24N4O4.3C2H6/c1-4-13(22-9-7-21(3)8-10-22)11-14-12(2)18(26)23(19(14)27)15-5-6-16(24)20-17(15)25;3*1-2/h4,11,15H,1,5-10H2,2-3H3,(H,20,24,25);3*1-2H3/b13-11+;;;. The van der Waals surface area contributed by atoms with Crippen molar-refractivity contribution in [3.8, 4) is 0 Å². The second-order valence-electron chi connectivity index (χ2n) is 7.05. The minimum atomic E-state index is -0.945. The molecule has 3 aliphatic heterocycles. The maximum Gasteiger partial charge on any atom is 0.262 e. The molecule has 2 fully saturated rings. The van der Waals surface area contributed by atoms with Crippen molar-refractivity contribution in [2.24, 2.45) is 0 Å². The first-order valence-electron chi connectivity index (χ1n) is 12.0. The smallest absolute Gasteiger partial charge is 0.262 e. The lowest BCUT2D eigenvalue weighted by molar-refractivity contribution is -0.150. The first-order chi connectivity index (χ1) is 15.8. The molecule has 186 valence electrons. The van der Waals surface area contributed by atoms with Gasteiger partial charge in [-0.15, -0.1) is 0 Å².